The van der Waals surface area contributed by atoms with Crippen molar-refractivity contribution in [2.45, 2.75) is 24.7 Å². The molecule has 0 amide bonds. The zero-order chi connectivity index (χ0) is 17.5. The van der Waals surface area contributed by atoms with Gasteiger partial charge in [0, 0.05) is 34.5 Å². The van der Waals surface area contributed by atoms with Gasteiger partial charge in [-0.15, -0.1) is 35.3 Å². The van der Waals surface area contributed by atoms with Gasteiger partial charge in [-0.3, -0.25) is 4.99 Å². The first kappa shape index (κ1) is 21.7. The first-order chi connectivity index (χ1) is 12.2. The topological polar surface area (TPSA) is 59.6 Å². The molecule has 0 atom stereocenters. The molecule has 3 rings (SSSR count). The molecule has 7 heteroatoms. The minimum atomic E-state index is 0. The van der Waals surface area contributed by atoms with E-state index in [4.69, 9.17) is 10.5 Å². The molecule has 26 heavy (non-hydrogen) atoms. The third kappa shape index (κ3) is 5.94. The van der Waals surface area contributed by atoms with Crippen LogP contribution in [0.5, 0.6) is 0 Å². The predicted octanol–water partition coefficient (Wildman–Crippen LogP) is 4.32. The Morgan fingerprint density at radius 2 is 1.96 bits per heavy atom. The van der Waals surface area contributed by atoms with Crippen LogP contribution in [0.25, 0.3) is 0 Å². The number of hydrogen-bond donors (Lipinski definition) is 2. The van der Waals surface area contributed by atoms with E-state index in [1.54, 1.807) is 11.3 Å². The van der Waals surface area contributed by atoms with E-state index in [0.717, 1.165) is 43.5 Å². The number of nitrogens with two attached hydrogens (primary N) is 1. The lowest BCUT2D eigenvalue weighted by molar-refractivity contribution is 0.0531. The minimum absolute atomic E-state index is 0. The standard InChI is InChI=1S/C19H24BrN3OS.HI/c20-16-5-3-15(4-6-16)19(8-11-24-12-9-19)14-23-18(21)22-10-7-17-2-1-13-25-17;/h1-6,13H,7-12,14H2,(H3,21,22,23);1H. The van der Waals surface area contributed by atoms with Gasteiger partial charge in [0.1, 0.15) is 0 Å². The molecular formula is C19H25BrIN3OS. The van der Waals surface area contributed by atoms with E-state index in [9.17, 15) is 0 Å². The number of thiophene rings is 1. The number of guanidine groups is 1. The normalized spacial score (nSPS) is 16.7. The number of aliphatic imine (C=N–C) groups is 1. The monoisotopic (exact) mass is 549 g/mol. The molecular weight excluding hydrogens is 525 g/mol. The quantitative estimate of drug-likeness (QED) is 0.320. The molecule has 142 valence electrons. The number of nitrogens with one attached hydrogen (secondary N) is 1. The molecule has 1 aromatic carbocycles. The van der Waals surface area contributed by atoms with Crippen LogP contribution in [0, 0.1) is 0 Å². The average molecular weight is 550 g/mol. The van der Waals surface area contributed by atoms with Crippen LogP contribution in [-0.4, -0.2) is 32.3 Å². The summed E-state index contributed by atoms with van der Waals surface area (Å²) in [5.41, 5.74) is 7.42. The lowest BCUT2D eigenvalue weighted by Gasteiger charge is -2.36. The summed E-state index contributed by atoms with van der Waals surface area (Å²) >= 11 is 5.28. The predicted molar refractivity (Wildman–Crippen MR) is 124 cm³/mol. The van der Waals surface area contributed by atoms with Gasteiger partial charge in [0.05, 0.1) is 6.54 Å². The molecule has 1 aliphatic heterocycles. The lowest BCUT2D eigenvalue weighted by Crippen LogP contribution is -2.39. The first-order valence-corrected chi connectivity index (χ1v) is 10.3. The molecule has 0 unspecified atom stereocenters. The molecule has 0 bridgehead atoms. The fraction of sp³-hybridized carbons (Fsp3) is 0.421. The summed E-state index contributed by atoms with van der Waals surface area (Å²) in [7, 11) is 0. The Kier molecular flexibility index (Phi) is 8.86. The second kappa shape index (κ2) is 10.6. The summed E-state index contributed by atoms with van der Waals surface area (Å²) in [5.74, 6) is 0.527. The van der Waals surface area contributed by atoms with Crippen LogP contribution in [0.3, 0.4) is 0 Å². The van der Waals surface area contributed by atoms with Crippen molar-refractivity contribution in [2.75, 3.05) is 26.3 Å². The van der Waals surface area contributed by atoms with Crippen LogP contribution in [0.15, 0.2) is 51.2 Å². The molecule has 0 spiro atoms. The number of rotatable bonds is 6. The summed E-state index contributed by atoms with van der Waals surface area (Å²) < 4.78 is 6.67. The molecule has 2 aromatic rings. The Morgan fingerprint density at radius 1 is 1.23 bits per heavy atom. The van der Waals surface area contributed by atoms with Crippen LogP contribution < -0.4 is 11.1 Å². The summed E-state index contributed by atoms with van der Waals surface area (Å²) in [4.78, 5) is 6.01. The van der Waals surface area contributed by atoms with Crippen molar-refractivity contribution in [2.24, 2.45) is 10.7 Å². The molecule has 1 aliphatic rings. The van der Waals surface area contributed by atoms with Crippen LogP contribution in [0.1, 0.15) is 23.3 Å². The molecule has 3 N–H and O–H groups in total. The van der Waals surface area contributed by atoms with Gasteiger partial charge in [-0.2, -0.15) is 0 Å². The zero-order valence-electron chi connectivity index (χ0n) is 14.6. The highest BCUT2D eigenvalue weighted by atomic mass is 127. The van der Waals surface area contributed by atoms with Crippen molar-refractivity contribution < 1.29 is 4.74 Å². The maximum atomic E-state index is 6.09. The summed E-state index contributed by atoms with van der Waals surface area (Å²) in [6.45, 7) is 3.05. The number of nitrogens with zero attached hydrogens (tertiary/aromatic N) is 1. The van der Waals surface area contributed by atoms with Crippen molar-refractivity contribution in [3.63, 3.8) is 0 Å². The number of ether oxygens (including phenoxy) is 1. The minimum Gasteiger partial charge on any atom is -0.381 e. The molecule has 0 radical (unpaired) electrons. The highest BCUT2D eigenvalue weighted by molar-refractivity contribution is 14.0. The largest absolute Gasteiger partial charge is 0.381 e. The van der Waals surface area contributed by atoms with Crippen LogP contribution >= 0.6 is 51.2 Å². The van der Waals surface area contributed by atoms with Crippen molar-refractivity contribution in [3.8, 4) is 0 Å². The van der Waals surface area contributed by atoms with E-state index in [1.165, 1.54) is 10.4 Å². The van der Waals surface area contributed by atoms with E-state index >= 15 is 0 Å². The average Bonchev–Trinajstić information content (AvgIpc) is 3.15. The molecule has 1 saturated heterocycles. The Morgan fingerprint density at radius 3 is 2.62 bits per heavy atom. The van der Waals surface area contributed by atoms with Crippen molar-refractivity contribution in [3.05, 3.63) is 56.7 Å². The molecule has 4 nitrogen and oxygen atoms in total. The van der Waals surface area contributed by atoms with Gasteiger partial charge in [0.2, 0.25) is 0 Å². The summed E-state index contributed by atoms with van der Waals surface area (Å²) in [6, 6.07) is 12.8. The number of benzene rings is 1. The molecule has 0 aliphatic carbocycles. The number of hydrogen-bond acceptors (Lipinski definition) is 3. The summed E-state index contributed by atoms with van der Waals surface area (Å²) in [6.07, 6.45) is 2.92. The van der Waals surface area contributed by atoms with E-state index < -0.39 is 0 Å². The van der Waals surface area contributed by atoms with Crippen LogP contribution in [0.4, 0.5) is 0 Å². The molecule has 2 heterocycles. The maximum Gasteiger partial charge on any atom is 0.188 e. The SMILES string of the molecule is I.NC(=NCC1(c2ccc(Br)cc2)CCOCC1)NCCc1cccs1. The van der Waals surface area contributed by atoms with Gasteiger partial charge < -0.3 is 15.8 Å². The van der Waals surface area contributed by atoms with E-state index in [2.05, 4.69) is 68.0 Å². The zero-order valence-corrected chi connectivity index (χ0v) is 19.4. The molecule has 1 aromatic heterocycles. The van der Waals surface area contributed by atoms with Gasteiger partial charge >= 0.3 is 0 Å². The first-order valence-electron chi connectivity index (χ1n) is 8.58. The van der Waals surface area contributed by atoms with Gasteiger partial charge in [0.25, 0.3) is 0 Å². The van der Waals surface area contributed by atoms with E-state index in [1.807, 2.05) is 0 Å². The smallest absolute Gasteiger partial charge is 0.188 e. The highest BCUT2D eigenvalue weighted by Gasteiger charge is 2.34. The Hall–Kier alpha value is -0.640. The van der Waals surface area contributed by atoms with Gasteiger partial charge in [-0.25, -0.2) is 0 Å². The third-order valence-electron chi connectivity index (χ3n) is 4.72. The number of halogens is 2. The van der Waals surface area contributed by atoms with E-state index in [-0.39, 0.29) is 29.4 Å². The van der Waals surface area contributed by atoms with Gasteiger partial charge in [0.15, 0.2) is 5.96 Å². The fourth-order valence-corrected chi connectivity index (χ4v) is 4.14. The van der Waals surface area contributed by atoms with Crippen LogP contribution in [-0.2, 0) is 16.6 Å². The van der Waals surface area contributed by atoms with Gasteiger partial charge in [-0.05, 0) is 48.4 Å². The van der Waals surface area contributed by atoms with Crippen molar-refractivity contribution in [1.29, 1.82) is 0 Å². The Bertz CT molecular complexity index is 685. The van der Waals surface area contributed by atoms with Gasteiger partial charge in [-0.1, -0.05) is 34.1 Å². The maximum absolute atomic E-state index is 6.09. The molecule has 0 saturated carbocycles. The lowest BCUT2D eigenvalue weighted by atomic mass is 9.74. The second-order valence-electron chi connectivity index (χ2n) is 6.36. The second-order valence-corrected chi connectivity index (χ2v) is 8.31. The summed E-state index contributed by atoms with van der Waals surface area (Å²) in [5, 5.41) is 5.33. The fourth-order valence-electron chi connectivity index (χ4n) is 3.16. The van der Waals surface area contributed by atoms with Crippen LogP contribution in [0.2, 0.25) is 0 Å². The third-order valence-corrected chi connectivity index (χ3v) is 6.18. The van der Waals surface area contributed by atoms with Crippen molar-refractivity contribution in [1.82, 2.24) is 5.32 Å². The highest BCUT2D eigenvalue weighted by Crippen LogP contribution is 2.35. The van der Waals surface area contributed by atoms with E-state index in [0.29, 0.717) is 12.5 Å². The Labute approximate surface area is 184 Å². The van der Waals surface area contributed by atoms with Crippen molar-refractivity contribution >= 4 is 57.2 Å². The molecule has 1 fully saturated rings. The Balaban J connectivity index is 0.00000243.